The summed E-state index contributed by atoms with van der Waals surface area (Å²) in [6.07, 6.45) is 2.09. The van der Waals surface area contributed by atoms with Crippen molar-refractivity contribution in [2.45, 2.75) is 32.4 Å². The third-order valence-corrected chi connectivity index (χ3v) is 5.04. The van der Waals surface area contributed by atoms with Crippen LogP contribution in [0.25, 0.3) is 0 Å². The van der Waals surface area contributed by atoms with E-state index in [-0.39, 0.29) is 12.0 Å². The van der Waals surface area contributed by atoms with Gasteiger partial charge >= 0.3 is 0 Å². The first-order chi connectivity index (χ1) is 12.1. The Morgan fingerprint density at radius 2 is 1.96 bits per heavy atom. The highest BCUT2D eigenvalue weighted by Gasteiger charge is 2.26. The van der Waals surface area contributed by atoms with E-state index in [1.165, 1.54) is 0 Å². The number of rotatable bonds is 3. The van der Waals surface area contributed by atoms with Crippen LogP contribution in [0.2, 0.25) is 5.02 Å². The fourth-order valence-corrected chi connectivity index (χ4v) is 3.57. The number of carbonyl (C=O) groups excluding carboxylic acids is 1. The summed E-state index contributed by atoms with van der Waals surface area (Å²) in [4.78, 5) is 18.8. The predicted molar refractivity (Wildman–Crippen MR) is 97.5 cm³/mol. The number of amides is 1. The van der Waals surface area contributed by atoms with Crippen LogP contribution in [0.1, 0.15) is 34.5 Å². The Kier molecular flexibility index (Phi) is 4.25. The molecule has 0 unspecified atom stereocenters. The van der Waals surface area contributed by atoms with Gasteiger partial charge in [0.25, 0.3) is 5.91 Å². The molecule has 1 N–H and O–H groups in total. The van der Waals surface area contributed by atoms with Crippen molar-refractivity contribution in [3.63, 3.8) is 0 Å². The maximum absolute atomic E-state index is 11.8. The number of aryl methyl sites for hydroxylation is 1. The molecular formula is C19H20ClN3O2. The lowest BCUT2D eigenvalue weighted by Gasteiger charge is -2.34. The minimum atomic E-state index is -0.0211. The van der Waals surface area contributed by atoms with Crippen molar-refractivity contribution in [3.05, 3.63) is 52.2 Å². The van der Waals surface area contributed by atoms with Gasteiger partial charge in [0, 0.05) is 31.0 Å². The molecule has 0 aliphatic carbocycles. The molecule has 1 aromatic heterocycles. The molecule has 5 nitrogen and oxygen atoms in total. The van der Waals surface area contributed by atoms with Crippen LogP contribution in [0.3, 0.4) is 0 Å². The zero-order valence-electron chi connectivity index (χ0n) is 14.1. The fourth-order valence-electron chi connectivity index (χ4n) is 3.44. The number of ether oxygens (including phenoxy) is 1. The first-order valence-corrected chi connectivity index (χ1v) is 8.94. The Morgan fingerprint density at radius 3 is 2.68 bits per heavy atom. The van der Waals surface area contributed by atoms with Gasteiger partial charge in [-0.3, -0.25) is 4.79 Å². The first-order valence-electron chi connectivity index (χ1n) is 8.56. The monoisotopic (exact) mass is 357 g/mol. The van der Waals surface area contributed by atoms with Crippen LogP contribution in [0, 0.1) is 6.92 Å². The van der Waals surface area contributed by atoms with E-state index >= 15 is 0 Å². The lowest BCUT2D eigenvalue weighted by Crippen LogP contribution is -2.39. The molecule has 0 atom stereocenters. The number of pyridine rings is 1. The van der Waals surface area contributed by atoms with Crippen LogP contribution < -0.4 is 15.0 Å². The topological polar surface area (TPSA) is 54.5 Å². The minimum absolute atomic E-state index is 0.0211. The molecule has 130 valence electrons. The highest BCUT2D eigenvalue weighted by molar-refractivity contribution is 6.30. The van der Waals surface area contributed by atoms with Gasteiger partial charge in [-0.05, 0) is 42.8 Å². The number of hydrogen-bond acceptors (Lipinski definition) is 4. The van der Waals surface area contributed by atoms with Gasteiger partial charge in [-0.25, -0.2) is 4.98 Å². The average Bonchev–Trinajstić information content (AvgIpc) is 2.97. The highest BCUT2D eigenvalue weighted by Crippen LogP contribution is 2.27. The van der Waals surface area contributed by atoms with Gasteiger partial charge in [0.05, 0.1) is 17.8 Å². The molecule has 1 amide bonds. The summed E-state index contributed by atoms with van der Waals surface area (Å²) in [6.45, 7) is 4.33. The van der Waals surface area contributed by atoms with E-state index in [0.29, 0.717) is 17.1 Å². The molecule has 6 heteroatoms. The van der Waals surface area contributed by atoms with E-state index in [9.17, 15) is 4.79 Å². The summed E-state index contributed by atoms with van der Waals surface area (Å²) in [5.74, 6) is 1.83. The quantitative estimate of drug-likeness (QED) is 0.915. The predicted octanol–water partition coefficient (Wildman–Crippen LogP) is 3.33. The van der Waals surface area contributed by atoms with E-state index in [0.717, 1.165) is 48.8 Å². The molecule has 4 rings (SSSR count). The number of nitrogens with zero attached hydrogens (tertiary/aromatic N) is 2. The molecule has 1 fully saturated rings. The molecule has 2 aliphatic rings. The number of hydrogen-bond donors (Lipinski definition) is 1. The fraction of sp³-hybridized carbons (Fsp3) is 0.368. The Morgan fingerprint density at radius 1 is 1.24 bits per heavy atom. The second kappa shape index (κ2) is 6.56. The van der Waals surface area contributed by atoms with Gasteiger partial charge in [0.15, 0.2) is 0 Å². The first kappa shape index (κ1) is 16.2. The second-order valence-electron chi connectivity index (χ2n) is 6.56. The Balaban J connectivity index is 1.42. The molecule has 25 heavy (non-hydrogen) atoms. The third-order valence-electron chi connectivity index (χ3n) is 4.78. The van der Waals surface area contributed by atoms with E-state index in [1.54, 1.807) is 0 Å². The normalized spacial score (nSPS) is 17.4. The maximum Gasteiger partial charge on any atom is 0.253 e. The number of fused-ring (bicyclic) bond motifs is 1. The Hall–Kier alpha value is -2.27. The largest absolute Gasteiger partial charge is 0.490 e. The number of aromatic nitrogens is 1. The third kappa shape index (κ3) is 3.29. The van der Waals surface area contributed by atoms with Crippen molar-refractivity contribution in [1.82, 2.24) is 10.3 Å². The van der Waals surface area contributed by atoms with E-state index < -0.39 is 0 Å². The van der Waals surface area contributed by atoms with Gasteiger partial charge < -0.3 is 15.0 Å². The van der Waals surface area contributed by atoms with Crippen LogP contribution in [0.4, 0.5) is 5.82 Å². The highest BCUT2D eigenvalue weighted by atomic mass is 35.5. The molecule has 0 saturated carbocycles. The van der Waals surface area contributed by atoms with Crippen LogP contribution in [-0.4, -0.2) is 30.1 Å². The molecule has 0 spiro atoms. The molecule has 0 bridgehead atoms. The second-order valence-corrected chi connectivity index (χ2v) is 7.00. The summed E-state index contributed by atoms with van der Waals surface area (Å²) in [5.41, 5.74) is 2.61. The summed E-state index contributed by atoms with van der Waals surface area (Å²) in [7, 11) is 0. The van der Waals surface area contributed by atoms with Crippen molar-refractivity contribution in [3.8, 4) is 5.75 Å². The van der Waals surface area contributed by atoms with Gasteiger partial charge in [-0.1, -0.05) is 11.6 Å². The average molecular weight is 358 g/mol. The van der Waals surface area contributed by atoms with Gasteiger partial charge in [-0.15, -0.1) is 0 Å². The Bertz CT molecular complexity index is 799. The lowest BCUT2D eigenvalue weighted by molar-refractivity contribution is 0.0965. The van der Waals surface area contributed by atoms with E-state index in [2.05, 4.69) is 10.2 Å². The Labute approximate surface area is 152 Å². The summed E-state index contributed by atoms with van der Waals surface area (Å²) < 4.78 is 6.05. The zero-order chi connectivity index (χ0) is 17.4. The molecular weight excluding hydrogens is 338 g/mol. The van der Waals surface area contributed by atoms with Gasteiger partial charge in [0.2, 0.25) is 0 Å². The summed E-state index contributed by atoms with van der Waals surface area (Å²) >= 11 is 5.91. The van der Waals surface area contributed by atoms with Gasteiger partial charge in [0.1, 0.15) is 17.7 Å². The number of benzene rings is 1. The van der Waals surface area contributed by atoms with Crippen LogP contribution in [0.15, 0.2) is 30.3 Å². The van der Waals surface area contributed by atoms with Crippen molar-refractivity contribution >= 4 is 23.3 Å². The van der Waals surface area contributed by atoms with Crippen molar-refractivity contribution in [1.29, 1.82) is 0 Å². The minimum Gasteiger partial charge on any atom is -0.490 e. The van der Waals surface area contributed by atoms with E-state index in [4.69, 9.17) is 21.3 Å². The molecule has 3 heterocycles. The number of carbonyl (C=O) groups is 1. The molecule has 2 aliphatic heterocycles. The number of piperidine rings is 1. The maximum atomic E-state index is 11.8. The van der Waals surface area contributed by atoms with Crippen LogP contribution in [-0.2, 0) is 6.54 Å². The zero-order valence-corrected chi connectivity index (χ0v) is 14.8. The SMILES string of the molecule is Cc1cc2c(nc1N1CCC(Oc3ccc(Cl)cc3)CC1)CNC2=O. The smallest absolute Gasteiger partial charge is 0.253 e. The van der Waals surface area contributed by atoms with Crippen molar-refractivity contribution in [2.24, 2.45) is 0 Å². The summed E-state index contributed by atoms with van der Waals surface area (Å²) in [5, 5.41) is 3.55. The van der Waals surface area contributed by atoms with Gasteiger partial charge in [-0.2, -0.15) is 0 Å². The standard InChI is InChI=1S/C19H20ClN3O2/c1-12-10-16-17(11-21-19(16)24)22-18(12)23-8-6-15(7-9-23)25-14-4-2-13(20)3-5-14/h2-5,10,15H,6-9,11H2,1H3,(H,21,24). The van der Waals surface area contributed by atoms with Crippen LogP contribution >= 0.6 is 11.6 Å². The lowest BCUT2D eigenvalue weighted by atomic mass is 10.1. The van der Waals surface area contributed by atoms with E-state index in [1.807, 2.05) is 37.3 Å². The molecule has 0 radical (unpaired) electrons. The van der Waals surface area contributed by atoms with Crippen molar-refractivity contribution < 1.29 is 9.53 Å². The molecule has 1 aromatic carbocycles. The van der Waals surface area contributed by atoms with Crippen LogP contribution in [0.5, 0.6) is 5.75 Å². The molecule has 1 saturated heterocycles. The number of nitrogens with one attached hydrogen (secondary N) is 1. The number of anilines is 1. The van der Waals surface area contributed by atoms with Crippen molar-refractivity contribution in [2.75, 3.05) is 18.0 Å². The number of halogens is 1. The molecule has 2 aromatic rings. The summed E-state index contributed by atoms with van der Waals surface area (Å²) in [6, 6.07) is 9.46.